The van der Waals surface area contributed by atoms with E-state index < -0.39 is 12.1 Å². The molecule has 0 aliphatic carbocycles. The smallest absolute Gasteiger partial charge is 0.323 e. The molecule has 0 amide bonds. The van der Waals surface area contributed by atoms with Crippen molar-refractivity contribution in [2.75, 3.05) is 28.3 Å². The summed E-state index contributed by atoms with van der Waals surface area (Å²) in [5.74, 6) is 0.0784. The number of likely N-dealkylation sites (N-methyl/N-ethyl adjacent to an activating group) is 2. The van der Waals surface area contributed by atoms with Gasteiger partial charge in [0, 0.05) is 6.42 Å². The molecule has 0 radical (unpaired) electrons. The van der Waals surface area contributed by atoms with Gasteiger partial charge in [0.05, 0.1) is 14.2 Å². The zero-order chi connectivity index (χ0) is 25.9. The Hall–Kier alpha value is -3.68. The first kappa shape index (κ1) is 26.9. The van der Waals surface area contributed by atoms with Crippen molar-refractivity contribution < 1.29 is 23.8 Å². The molecule has 2 N–H and O–H groups in total. The maximum Gasteiger partial charge on any atom is 0.323 e. The van der Waals surface area contributed by atoms with Gasteiger partial charge in [-0.25, -0.2) is 0 Å². The molecule has 0 aromatic heterocycles. The van der Waals surface area contributed by atoms with Crippen molar-refractivity contribution in [3.8, 4) is 16.9 Å². The number of hydrogen-bond acceptors (Lipinski definition) is 7. The Balaban J connectivity index is 1.91. The Labute approximate surface area is 212 Å². The molecule has 0 spiro atoms. The van der Waals surface area contributed by atoms with Crippen molar-refractivity contribution in [3.05, 3.63) is 89.5 Å². The SMILES string of the molecule is CN[C@@H](Cc1cccc(-c2ccc(OCc3ccccc3)c(C[C@H](NC)C(=O)OC)c2)c1)C(=O)OC. The molecule has 0 aliphatic heterocycles. The van der Waals surface area contributed by atoms with E-state index in [-0.39, 0.29) is 11.9 Å². The Bertz CT molecular complexity index is 1150. The number of hydrogen-bond donors (Lipinski definition) is 2. The molecular weight excluding hydrogens is 456 g/mol. The van der Waals surface area contributed by atoms with Crippen LogP contribution in [0.2, 0.25) is 0 Å². The first-order valence-electron chi connectivity index (χ1n) is 11.9. The summed E-state index contributed by atoms with van der Waals surface area (Å²) >= 11 is 0. The molecule has 7 heteroatoms. The minimum Gasteiger partial charge on any atom is -0.489 e. The maximum atomic E-state index is 12.3. The predicted molar refractivity (Wildman–Crippen MR) is 140 cm³/mol. The zero-order valence-electron chi connectivity index (χ0n) is 21.2. The van der Waals surface area contributed by atoms with Crippen LogP contribution < -0.4 is 15.4 Å². The molecule has 0 saturated carbocycles. The van der Waals surface area contributed by atoms with E-state index in [1.165, 1.54) is 14.2 Å². The molecule has 0 aliphatic rings. The lowest BCUT2D eigenvalue weighted by Gasteiger charge is -2.18. The van der Waals surface area contributed by atoms with Crippen molar-refractivity contribution in [1.29, 1.82) is 0 Å². The quantitative estimate of drug-likeness (QED) is 0.376. The highest BCUT2D eigenvalue weighted by atomic mass is 16.5. The van der Waals surface area contributed by atoms with Crippen LogP contribution in [0.25, 0.3) is 11.1 Å². The topological polar surface area (TPSA) is 85.9 Å². The van der Waals surface area contributed by atoms with E-state index in [1.807, 2.05) is 66.7 Å². The van der Waals surface area contributed by atoms with Gasteiger partial charge in [-0.2, -0.15) is 0 Å². The van der Waals surface area contributed by atoms with Gasteiger partial charge in [0.15, 0.2) is 0 Å². The molecule has 3 aromatic rings. The molecule has 2 atom stereocenters. The van der Waals surface area contributed by atoms with Crippen LogP contribution in [0, 0.1) is 0 Å². The van der Waals surface area contributed by atoms with E-state index in [1.54, 1.807) is 14.1 Å². The highest BCUT2D eigenvalue weighted by molar-refractivity contribution is 5.77. The molecule has 36 heavy (non-hydrogen) atoms. The lowest BCUT2D eigenvalue weighted by atomic mass is 9.96. The van der Waals surface area contributed by atoms with Crippen LogP contribution in [0.5, 0.6) is 5.75 Å². The van der Waals surface area contributed by atoms with Gasteiger partial charge in [-0.3, -0.25) is 9.59 Å². The number of nitrogens with one attached hydrogen (secondary N) is 2. The van der Waals surface area contributed by atoms with Crippen molar-refractivity contribution in [2.24, 2.45) is 0 Å². The van der Waals surface area contributed by atoms with Crippen LogP contribution in [0.1, 0.15) is 16.7 Å². The normalized spacial score (nSPS) is 12.4. The van der Waals surface area contributed by atoms with E-state index in [4.69, 9.17) is 14.2 Å². The van der Waals surface area contributed by atoms with Crippen molar-refractivity contribution >= 4 is 11.9 Å². The first-order chi connectivity index (χ1) is 17.5. The first-order valence-corrected chi connectivity index (χ1v) is 11.9. The Morgan fingerprint density at radius 2 is 1.33 bits per heavy atom. The molecule has 0 saturated heterocycles. The highest BCUT2D eigenvalue weighted by Gasteiger charge is 2.21. The predicted octanol–water partition coefficient (Wildman–Crippen LogP) is 3.54. The van der Waals surface area contributed by atoms with E-state index in [9.17, 15) is 9.59 Å². The van der Waals surface area contributed by atoms with E-state index in [2.05, 4.69) is 16.7 Å². The average Bonchev–Trinajstić information content (AvgIpc) is 2.93. The fourth-order valence-corrected chi connectivity index (χ4v) is 4.02. The molecule has 0 unspecified atom stereocenters. The van der Waals surface area contributed by atoms with Crippen LogP contribution in [0.4, 0.5) is 0 Å². The van der Waals surface area contributed by atoms with Crippen LogP contribution in [-0.2, 0) is 38.5 Å². The molecule has 3 rings (SSSR count). The number of methoxy groups -OCH3 is 2. The summed E-state index contributed by atoms with van der Waals surface area (Å²) in [6, 6.07) is 23.0. The summed E-state index contributed by atoms with van der Waals surface area (Å²) in [7, 11) is 6.25. The molecule has 0 bridgehead atoms. The van der Waals surface area contributed by atoms with Gasteiger partial charge < -0.3 is 24.8 Å². The van der Waals surface area contributed by atoms with Crippen LogP contribution in [0.3, 0.4) is 0 Å². The number of rotatable bonds is 12. The van der Waals surface area contributed by atoms with Crippen molar-refractivity contribution in [3.63, 3.8) is 0 Å². The van der Waals surface area contributed by atoms with Gasteiger partial charge >= 0.3 is 11.9 Å². The molecule has 190 valence electrons. The number of carbonyl (C=O) groups excluding carboxylic acids is 2. The second-order valence-electron chi connectivity index (χ2n) is 8.43. The fourth-order valence-electron chi connectivity index (χ4n) is 4.02. The molecular formula is C29H34N2O5. The molecule has 0 fully saturated rings. The minimum absolute atomic E-state index is 0.300. The van der Waals surface area contributed by atoms with E-state index in [0.29, 0.717) is 25.2 Å². The third-order valence-corrected chi connectivity index (χ3v) is 6.09. The third-order valence-electron chi connectivity index (χ3n) is 6.09. The lowest BCUT2D eigenvalue weighted by Crippen LogP contribution is -2.37. The van der Waals surface area contributed by atoms with Gasteiger partial charge in [-0.15, -0.1) is 0 Å². The fraction of sp³-hybridized carbons (Fsp3) is 0.310. The Morgan fingerprint density at radius 3 is 1.97 bits per heavy atom. The summed E-state index contributed by atoms with van der Waals surface area (Å²) in [5, 5.41) is 6.04. The van der Waals surface area contributed by atoms with Crippen LogP contribution >= 0.6 is 0 Å². The maximum absolute atomic E-state index is 12.3. The second-order valence-corrected chi connectivity index (χ2v) is 8.43. The van der Waals surface area contributed by atoms with Gasteiger partial charge in [0.1, 0.15) is 24.4 Å². The van der Waals surface area contributed by atoms with Crippen LogP contribution in [-0.4, -0.2) is 52.3 Å². The van der Waals surface area contributed by atoms with Gasteiger partial charge in [-0.1, -0.05) is 60.7 Å². The van der Waals surface area contributed by atoms with E-state index in [0.717, 1.165) is 27.8 Å². The summed E-state index contributed by atoms with van der Waals surface area (Å²) in [4.78, 5) is 24.3. The Kier molecular flexibility index (Phi) is 10.0. The van der Waals surface area contributed by atoms with Crippen LogP contribution in [0.15, 0.2) is 72.8 Å². The summed E-state index contributed by atoms with van der Waals surface area (Å²) in [6.45, 7) is 0.421. The third kappa shape index (κ3) is 7.16. The molecule has 3 aromatic carbocycles. The highest BCUT2D eigenvalue weighted by Crippen LogP contribution is 2.29. The zero-order valence-corrected chi connectivity index (χ0v) is 21.2. The molecule has 7 nitrogen and oxygen atoms in total. The van der Waals surface area contributed by atoms with Crippen molar-refractivity contribution in [1.82, 2.24) is 10.6 Å². The lowest BCUT2D eigenvalue weighted by molar-refractivity contribution is -0.143. The average molecular weight is 491 g/mol. The van der Waals surface area contributed by atoms with Gasteiger partial charge in [-0.05, 0) is 60.5 Å². The summed E-state index contributed by atoms with van der Waals surface area (Å²) in [6.07, 6.45) is 0.914. The Morgan fingerprint density at radius 1 is 0.722 bits per heavy atom. The van der Waals surface area contributed by atoms with Crippen molar-refractivity contribution in [2.45, 2.75) is 31.5 Å². The standard InChI is InChI=1S/C29H34N2O5/c1-30-25(28(32)34-3)16-21-11-8-12-22(15-21)23-13-14-27(36-19-20-9-6-5-7-10-20)24(17-23)18-26(31-2)29(33)35-4/h5-15,17,25-26,30-31H,16,18-19H2,1-4H3/t25-,26-/m0/s1. The number of ether oxygens (including phenoxy) is 3. The minimum atomic E-state index is -0.507. The summed E-state index contributed by atoms with van der Waals surface area (Å²) in [5.41, 5.74) is 4.94. The van der Waals surface area contributed by atoms with Gasteiger partial charge in [0.2, 0.25) is 0 Å². The van der Waals surface area contributed by atoms with Gasteiger partial charge in [0.25, 0.3) is 0 Å². The second kappa shape index (κ2) is 13.4. The number of benzene rings is 3. The summed E-state index contributed by atoms with van der Waals surface area (Å²) < 4.78 is 16.0. The van der Waals surface area contributed by atoms with E-state index >= 15 is 0 Å². The molecule has 0 heterocycles. The number of esters is 2. The number of carbonyl (C=O) groups is 2. The largest absolute Gasteiger partial charge is 0.489 e. The monoisotopic (exact) mass is 490 g/mol.